The Bertz CT molecular complexity index is 1410. The zero-order valence-electron chi connectivity index (χ0n) is 18.8. The van der Waals surface area contributed by atoms with E-state index in [4.69, 9.17) is 0 Å². The first-order valence-electron chi connectivity index (χ1n) is 11.5. The van der Waals surface area contributed by atoms with E-state index in [2.05, 4.69) is 33.0 Å². The van der Waals surface area contributed by atoms with Crippen molar-refractivity contribution in [1.82, 2.24) is 14.8 Å². The number of piperazine rings is 1. The molecule has 1 N–H and O–H groups in total. The van der Waals surface area contributed by atoms with E-state index in [-0.39, 0.29) is 24.4 Å². The first-order chi connectivity index (χ1) is 16.5. The predicted molar refractivity (Wildman–Crippen MR) is 135 cm³/mol. The highest BCUT2D eigenvalue weighted by atomic mass is 79.9. The summed E-state index contributed by atoms with van der Waals surface area (Å²) in [6.45, 7) is 2.57. The quantitative estimate of drug-likeness (QED) is 0.413. The third-order valence-corrected chi connectivity index (χ3v) is 7.55. The number of benzene rings is 3. The summed E-state index contributed by atoms with van der Waals surface area (Å²) in [5.74, 6) is -0.00726. The van der Waals surface area contributed by atoms with Gasteiger partial charge in [-0.3, -0.25) is 9.59 Å². The smallest absolute Gasteiger partial charge is 0.246 e. The van der Waals surface area contributed by atoms with E-state index in [1.54, 1.807) is 4.90 Å². The first-order valence-corrected chi connectivity index (χ1v) is 12.3. The van der Waals surface area contributed by atoms with Gasteiger partial charge in [0, 0.05) is 34.0 Å². The van der Waals surface area contributed by atoms with Gasteiger partial charge in [-0.05, 0) is 41.8 Å². The average molecular weight is 514 g/mol. The fraction of sp³-hybridized carbons (Fsp3) is 0.214. The molecule has 1 saturated heterocycles. The molecule has 2 amide bonds. The molecule has 5 nitrogen and oxygen atoms in total. The first kappa shape index (κ1) is 21.2. The molecule has 3 heterocycles. The van der Waals surface area contributed by atoms with Crippen LogP contribution in [0.1, 0.15) is 34.0 Å². The van der Waals surface area contributed by atoms with Crippen LogP contribution < -0.4 is 0 Å². The van der Waals surface area contributed by atoms with Gasteiger partial charge in [-0.25, -0.2) is 0 Å². The number of carbonyl (C=O) groups is 2. The number of aromatic amines is 1. The standard InChI is InChI=1S/C28H24BrN3O2/c1-17-6-8-18(9-7-17)15-31-16-25(33)32-24(28(31)34)14-22-21-4-2-3-5-23(21)30-26(22)27(32)19-10-12-20(29)13-11-19/h2-13,24,27,30H,14-16H2,1H3. The van der Waals surface area contributed by atoms with Gasteiger partial charge in [0.15, 0.2) is 0 Å². The highest BCUT2D eigenvalue weighted by Gasteiger charge is 2.48. The number of aryl methyl sites for hydroxylation is 1. The van der Waals surface area contributed by atoms with Crippen LogP contribution >= 0.6 is 15.9 Å². The third kappa shape index (κ3) is 3.44. The lowest BCUT2D eigenvalue weighted by Gasteiger charge is -2.47. The van der Waals surface area contributed by atoms with E-state index in [0.29, 0.717) is 13.0 Å². The predicted octanol–water partition coefficient (Wildman–Crippen LogP) is 5.12. The summed E-state index contributed by atoms with van der Waals surface area (Å²) in [4.78, 5) is 34.5. The molecule has 0 radical (unpaired) electrons. The molecule has 0 saturated carbocycles. The third-order valence-electron chi connectivity index (χ3n) is 7.02. The zero-order valence-corrected chi connectivity index (χ0v) is 20.4. The molecule has 6 heteroatoms. The lowest BCUT2D eigenvalue weighted by molar-refractivity contribution is -0.159. The minimum absolute atomic E-state index is 0.0122. The van der Waals surface area contributed by atoms with E-state index < -0.39 is 6.04 Å². The molecule has 2 aliphatic rings. The van der Waals surface area contributed by atoms with Gasteiger partial charge in [0.1, 0.15) is 12.6 Å². The van der Waals surface area contributed by atoms with Gasteiger partial charge in [0.25, 0.3) is 0 Å². The van der Waals surface area contributed by atoms with Crippen LogP contribution in [0.4, 0.5) is 0 Å². The lowest BCUT2D eigenvalue weighted by Crippen LogP contribution is -2.62. The average Bonchev–Trinajstić information content (AvgIpc) is 3.21. The van der Waals surface area contributed by atoms with Crippen molar-refractivity contribution in [3.05, 3.63) is 105 Å². The summed E-state index contributed by atoms with van der Waals surface area (Å²) in [5.41, 5.74) is 6.37. The number of hydrogen-bond donors (Lipinski definition) is 1. The maximum Gasteiger partial charge on any atom is 0.246 e. The highest BCUT2D eigenvalue weighted by molar-refractivity contribution is 9.10. The molecule has 170 valence electrons. The molecule has 1 aromatic heterocycles. The van der Waals surface area contributed by atoms with E-state index in [0.717, 1.165) is 37.8 Å². The Morgan fingerprint density at radius 3 is 2.47 bits per heavy atom. The number of rotatable bonds is 3. The number of halogens is 1. The topological polar surface area (TPSA) is 56.4 Å². The molecular formula is C28H24BrN3O2. The maximum atomic E-state index is 13.8. The molecule has 34 heavy (non-hydrogen) atoms. The second-order valence-corrected chi connectivity index (χ2v) is 10.1. The molecule has 4 aromatic rings. The molecule has 2 aliphatic heterocycles. The van der Waals surface area contributed by atoms with Crippen molar-refractivity contribution in [2.45, 2.75) is 32.0 Å². The number of fused-ring (bicyclic) bond motifs is 4. The summed E-state index contributed by atoms with van der Waals surface area (Å²) >= 11 is 3.51. The molecule has 0 aliphatic carbocycles. The van der Waals surface area contributed by atoms with Crippen LogP contribution in [0.3, 0.4) is 0 Å². The Labute approximate surface area is 206 Å². The van der Waals surface area contributed by atoms with Crippen LogP contribution in [-0.2, 0) is 22.6 Å². The molecule has 6 rings (SSSR count). The Kier molecular flexibility index (Phi) is 5.06. The van der Waals surface area contributed by atoms with Crippen LogP contribution in [0.25, 0.3) is 10.9 Å². The van der Waals surface area contributed by atoms with E-state index in [9.17, 15) is 9.59 Å². The van der Waals surface area contributed by atoms with Gasteiger partial charge in [-0.2, -0.15) is 0 Å². The summed E-state index contributed by atoms with van der Waals surface area (Å²) < 4.78 is 0.978. The van der Waals surface area contributed by atoms with Gasteiger partial charge in [-0.15, -0.1) is 0 Å². The summed E-state index contributed by atoms with van der Waals surface area (Å²) in [6.07, 6.45) is 0.515. The van der Waals surface area contributed by atoms with Gasteiger partial charge in [-0.1, -0.05) is 76.1 Å². The van der Waals surface area contributed by atoms with Crippen molar-refractivity contribution in [3.63, 3.8) is 0 Å². The van der Waals surface area contributed by atoms with E-state index >= 15 is 0 Å². The van der Waals surface area contributed by atoms with Crippen LogP contribution in [0, 0.1) is 6.92 Å². The van der Waals surface area contributed by atoms with Crippen molar-refractivity contribution in [2.24, 2.45) is 0 Å². The molecular weight excluding hydrogens is 490 g/mol. The minimum atomic E-state index is -0.521. The minimum Gasteiger partial charge on any atom is -0.356 e. The Morgan fingerprint density at radius 2 is 1.71 bits per heavy atom. The Balaban J connectivity index is 1.44. The second-order valence-electron chi connectivity index (χ2n) is 9.22. The normalized spacial score (nSPS) is 19.9. The zero-order chi connectivity index (χ0) is 23.4. The fourth-order valence-electron chi connectivity index (χ4n) is 5.36. The number of nitrogens with one attached hydrogen (secondary N) is 1. The number of amides is 2. The second kappa shape index (κ2) is 8.13. The number of nitrogens with zero attached hydrogens (tertiary/aromatic N) is 2. The van der Waals surface area contributed by atoms with Crippen molar-refractivity contribution in [3.8, 4) is 0 Å². The largest absolute Gasteiger partial charge is 0.356 e. The number of H-pyrrole nitrogens is 1. The Morgan fingerprint density at radius 1 is 0.971 bits per heavy atom. The number of para-hydroxylation sites is 1. The van der Waals surface area contributed by atoms with Gasteiger partial charge in [0.2, 0.25) is 11.8 Å². The van der Waals surface area contributed by atoms with E-state index in [1.165, 1.54) is 5.56 Å². The van der Waals surface area contributed by atoms with Crippen molar-refractivity contribution in [2.75, 3.05) is 6.54 Å². The molecule has 0 spiro atoms. The van der Waals surface area contributed by atoms with Crippen molar-refractivity contribution >= 4 is 38.6 Å². The summed E-state index contributed by atoms with van der Waals surface area (Å²) in [7, 11) is 0. The fourth-order valence-corrected chi connectivity index (χ4v) is 5.63. The van der Waals surface area contributed by atoms with E-state index in [1.807, 2.05) is 72.5 Å². The Hall–Kier alpha value is -3.38. The number of carbonyl (C=O) groups excluding carboxylic acids is 2. The summed E-state index contributed by atoms with van der Waals surface area (Å²) in [6, 6.07) is 23.5. The van der Waals surface area contributed by atoms with Crippen molar-refractivity contribution < 1.29 is 9.59 Å². The van der Waals surface area contributed by atoms with Crippen molar-refractivity contribution in [1.29, 1.82) is 0 Å². The SMILES string of the molecule is Cc1ccc(CN2CC(=O)N3C(Cc4c([nH]c5ccccc45)C3c3ccc(Br)cc3)C2=O)cc1. The summed E-state index contributed by atoms with van der Waals surface area (Å²) in [5, 5.41) is 1.12. The number of hydrogen-bond acceptors (Lipinski definition) is 2. The maximum absolute atomic E-state index is 13.8. The highest BCUT2D eigenvalue weighted by Crippen LogP contribution is 2.42. The van der Waals surface area contributed by atoms with Crippen LogP contribution in [-0.4, -0.2) is 39.2 Å². The van der Waals surface area contributed by atoms with Gasteiger partial charge >= 0.3 is 0 Å². The van der Waals surface area contributed by atoms with Crippen LogP contribution in [0.15, 0.2) is 77.3 Å². The monoisotopic (exact) mass is 513 g/mol. The molecule has 3 aromatic carbocycles. The molecule has 2 unspecified atom stereocenters. The molecule has 2 atom stereocenters. The molecule has 0 bridgehead atoms. The van der Waals surface area contributed by atoms with Crippen LogP contribution in [0.2, 0.25) is 0 Å². The van der Waals surface area contributed by atoms with Crippen LogP contribution in [0.5, 0.6) is 0 Å². The molecule has 1 fully saturated rings. The van der Waals surface area contributed by atoms with Gasteiger partial charge in [0.05, 0.1) is 6.04 Å². The van der Waals surface area contributed by atoms with Gasteiger partial charge < -0.3 is 14.8 Å². The number of aromatic nitrogens is 1. The lowest BCUT2D eigenvalue weighted by atomic mass is 9.86.